The van der Waals surface area contributed by atoms with Gasteiger partial charge in [-0.1, -0.05) is 44.2 Å². The molecule has 1 aromatic rings. The Morgan fingerprint density at radius 2 is 1.68 bits per heavy atom. The van der Waals surface area contributed by atoms with Crippen LogP contribution in [0.5, 0.6) is 0 Å². The molecule has 3 rings (SSSR count). The van der Waals surface area contributed by atoms with Crippen LogP contribution in [0.15, 0.2) is 30.3 Å². The summed E-state index contributed by atoms with van der Waals surface area (Å²) in [5.41, 5.74) is 0.610. The molecule has 1 atom stereocenters. The summed E-state index contributed by atoms with van der Waals surface area (Å²) in [6, 6.07) is 9.72. The molecule has 152 valence electrons. The van der Waals surface area contributed by atoms with Crippen LogP contribution in [0.2, 0.25) is 0 Å². The zero-order chi connectivity index (χ0) is 20.3. The molecule has 3 amide bonds. The number of likely N-dealkylation sites (tertiary alicyclic amines) is 1. The number of rotatable bonds is 4. The predicted molar refractivity (Wildman–Crippen MR) is 107 cm³/mol. The van der Waals surface area contributed by atoms with E-state index in [1.807, 2.05) is 65.8 Å². The fourth-order valence-electron chi connectivity index (χ4n) is 4.39. The minimum absolute atomic E-state index is 0.0619. The van der Waals surface area contributed by atoms with E-state index in [0.717, 1.165) is 5.56 Å². The van der Waals surface area contributed by atoms with Crippen LogP contribution in [0.25, 0.3) is 0 Å². The zero-order valence-corrected chi connectivity index (χ0v) is 17.2. The van der Waals surface area contributed by atoms with Crippen molar-refractivity contribution in [2.45, 2.75) is 33.6 Å². The second-order valence-electron chi connectivity index (χ2n) is 8.48. The Labute approximate surface area is 167 Å². The maximum Gasteiger partial charge on any atom is 0.227 e. The van der Waals surface area contributed by atoms with Crippen molar-refractivity contribution in [2.75, 3.05) is 39.3 Å². The molecular weight excluding hydrogens is 354 g/mol. The second kappa shape index (κ2) is 8.33. The molecule has 2 fully saturated rings. The third-order valence-corrected chi connectivity index (χ3v) is 5.84. The van der Waals surface area contributed by atoms with Crippen LogP contribution in [0.4, 0.5) is 0 Å². The van der Waals surface area contributed by atoms with Gasteiger partial charge in [0.25, 0.3) is 0 Å². The van der Waals surface area contributed by atoms with Crippen LogP contribution in [-0.4, -0.2) is 71.7 Å². The Kier molecular flexibility index (Phi) is 6.06. The molecule has 6 nitrogen and oxygen atoms in total. The summed E-state index contributed by atoms with van der Waals surface area (Å²) in [7, 11) is 0. The lowest BCUT2D eigenvalue weighted by atomic mass is 9.85. The van der Waals surface area contributed by atoms with Gasteiger partial charge in [-0.25, -0.2) is 0 Å². The second-order valence-corrected chi connectivity index (χ2v) is 8.48. The van der Waals surface area contributed by atoms with Crippen LogP contribution >= 0.6 is 0 Å². The molecule has 1 aromatic carbocycles. The van der Waals surface area contributed by atoms with Crippen molar-refractivity contribution in [3.05, 3.63) is 35.9 Å². The van der Waals surface area contributed by atoms with E-state index in [4.69, 9.17) is 0 Å². The molecule has 2 aliphatic rings. The number of hydrogen-bond donors (Lipinski definition) is 0. The van der Waals surface area contributed by atoms with E-state index < -0.39 is 0 Å². The lowest BCUT2D eigenvalue weighted by molar-refractivity contribution is -0.136. The number of amides is 3. The molecule has 0 radical (unpaired) electrons. The lowest BCUT2D eigenvalue weighted by Crippen LogP contribution is -2.46. The van der Waals surface area contributed by atoms with Crippen molar-refractivity contribution in [1.82, 2.24) is 14.7 Å². The average molecular weight is 386 g/mol. The van der Waals surface area contributed by atoms with Crippen molar-refractivity contribution >= 4 is 17.7 Å². The molecule has 2 saturated heterocycles. The smallest absolute Gasteiger partial charge is 0.227 e. The van der Waals surface area contributed by atoms with Gasteiger partial charge in [0.15, 0.2) is 0 Å². The van der Waals surface area contributed by atoms with Crippen molar-refractivity contribution in [2.24, 2.45) is 11.3 Å². The van der Waals surface area contributed by atoms with E-state index in [-0.39, 0.29) is 29.1 Å². The first-order chi connectivity index (χ1) is 13.3. The standard InChI is InChI=1S/C22H31N3O3/c1-4-23-14-22(13-20(23)27)15-24(10-11-25(16-22)21(28)17(2)3)19(26)12-18-8-6-5-7-9-18/h5-9,17H,4,10-16H2,1-3H3/t22-/m1/s1. The summed E-state index contributed by atoms with van der Waals surface area (Å²) in [5, 5.41) is 0. The topological polar surface area (TPSA) is 60.9 Å². The lowest BCUT2D eigenvalue weighted by Gasteiger charge is -2.34. The summed E-state index contributed by atoms with van der Waals surface area (Å²) >= 11 is 0. The minimum Gasteiger partial charge on any atom is -0.342 e. The first-order valence-corrected chi connectivity index (χ1v) is 10.2. The van der Waals surface area contributed by atoms with Gasteiger partial charge in [-0.15, -0.1) is 0 Å². The summed E-state index contributed by atoms with van der Waals surface area (Å²) < 4.78 is 0. The van der Waals surface area contributed by atoms with Crippen molar-refractivity contribution < 1.29 is 14.4 Å². The molecule has 6 heteroatoms. The molecule has 2 aliphatic heterocycles. The Balaban J connectivity index is 1.82. The highest BCUT2D eigenvalue weighted by atomic mass is 16.2. The van der Waals surface area contributed by atoms with Gasteiger partial charge in [-0.05, 0) is 12.5 Å². The molecule has 2 heterocycles. The summed E-state index contributed by atoms with van der Waals surface area (Å²) in [6.45, 7) is 9.17. The Morgan fingerprint density at radius 1 is 1.04 bits per heavy atom. The maximum atomic E-state index is 13.0. The van der Waals surface area contributed by atoms with Gasteiger partial charge >= 0.3 is 0 Å². The van der Waals surface area contributed by atoms with Gasteiger partial charge in [0.2, 0.25) is 17.7 Å². The van der Waals surface area contributed by atoms with Crippen LogP contribution in [-0.2, 0) is 20.8 Å². The van der Waals surface area contributed by atoms with Gasteiger partial charge < -0.3 is 14.7 Å². The van der Waals surface area contributed by atoms with E-state index in [1.54, 1.807) is 0 Å². The van der Waals surface area contributed by atoms with Gasteiger partial charge in [0.1, 0.15) is 0 Å². The van der Waals surface area contributed by atoms with E-state index in [2.05, 4.69) is 0 Å². The largest absolute Gasteiger partial charge is 0.342 e. The maximum absolute atomic E-state index is 13.0. The highest BCUT2D eigenvalue weighted by molar-refractivity contribution is 5.82. The van der Waals surface area contributed by atoms with E-state index >= 15 is 0 Å². The molecule has 0 bridgehead atoms. The van der Waals surface area contributed by atoms with Gasteiger partial charge in [0.05, 0.1) is 6.42 Å². The van der Waals surface area contributed by atoms with E-state index in [9.17, 15) is 14.4 Å². The first-order valence-electron chi connectivity index (χ1n) is 10.2. The van der Waals surface area contributed by atoms with Gasteiger partial charge in [-0.3, -0.25) is 14.4 Å². The molecule has 1 spiro atoms. The molecule has 0 saturated carbocycles. The van der Waals surface area contributed by atoms with Crippen LogP contribution < -0.4 is 0 Å². The molecule has 0 unspecified atom stereocenters. The quantitative estimate of drug-likeness (QED) is 0.794. The number of benzene rings is 1. The van der Waals surface area contributed by atoms with Crippen molar-refractivity contribution in [3.63, 3.8) is 0 Å². The molecule has 28 heavy (non-hydrogen) atoms. The van der Waals surface area contributed by atoms with Crippen molar-refractivity contribution in [1.29, 1.82) is 0 Å². The summed E-state index contributed by atoms with van der Waals surface area (Å²) in [6.07, 6.45) is 0.748. The number of hydrogen-bond acceptors (Lipinski definition) is 3. The van der Waals surface area contributed by atoms with E-state index in [0.29, 0.717) is 52.1 Å². The summed E-state index contributed by atoms with van der Waals surface area (Å²) in [5.74, 6) is 0.186. The monoisotopic (exact) mass is 385 g/mol. The third-order valence-electron chi connectivity index (χ3n) is 5.84. The normalized spacial score (nSPS) is 22.9. The number of carbonyl (C=O) groups excluding carboxylic acids is 3. The van der Waals surface area contributed by atoms with Crippen molar-refractivity contribution in [3.8, 4) is 0 Å². The fourth-order valence-corrected chi connectivity index (χ4v) is 4.39. The van der Waals surface area contributed by atoms with E-state index in [1.165, 1.54) is 0 Å². The predicted octanol–water partition coefficient (Wildman–Crippen LogP) is 1.79. The average Bonchev–Trinajstić information content (AvgIpc) is 2.86. The first kappa shape index (κ1) is 20.4. The van der Waals surface area contributed by atoms with Crippen LogP contribution in [0.3, 0.4) is 0 Å². The Morgan fingerprint density at radius 3 is 2.29 bits per heavy atom. The zero-order valence-electron chi connectivity index (χ0n) is 17.2. The summed E-state index contributed by atoms with van der Waals surface area (Å²) in [4.78, 5) is 43.8. The minimum atomic E-state index is -0.375. The highest BCUT2D eigenvalue weighted by Gasteiger charge is 2.47. The highest BCUT2D eigenvalue weighted by Crippen LogP contribution is 2.35. The Bertz CT molecular complexity index is 734. The van der Waals surface area contributed by atoms with Crippen LogP contribution in [0.1, 0.15) is 32.8 Å². The molecule has 0 aromatic heterocycles. The number of nitrogens with zero attached hydrogens (tertiary/aromatic N) is 3. The SMILES string of the molecule is CCN1C[C@]2(CC1=O)CN(C(=O)Cc1ccccc1)CCN(C(=O)C(C)C)C2. The van der Waals surface area contributed by atoms with Gasteiger partial charge in [0, 0.05) is 57.0 Å². The number of carbonyl (C=O) groups is 3. The molecule has 0 N–H and O–H groups in total. The fraction of sp³-hybridized carbons (Fsp3) is 0.591. The molecule has 0 aliphatic carbocycles. The van der Waals surface area contributed by atoms with Crippen LogP contribution in [0, 0.1) is 11.3 Å². The Hall–Kier alpha value is -2.37. The molecular formula is C22H31N3O3. The van der Waals surface area contributed by atoms with Gasteiger partial charge in [-0.2, -0.15) is 0 Å². The third kappa shape index (κ3) is 4.37.